The number of hydrogen-bond acceptors (Lipinski definition) is 5. The van der Waals surface area contributed by atoms with Crippen molar-refractivity contribution < 1.29 is 18.7 Å². The van der Waals surface area contributed by atoms with Crippen molar-refractivity contribution in [1.29, 1.82) is 0 Å². The van der Waals surface area contributed by atoms with Crippen LogP contribution in [0.4, 0.5) is 0 Å². The molecule has 0 N–H and O–H groups in total. The minimum Gasteiger partial charge on any atom is -0.455 e. The Morgan fingerprint density at radius 1 is 1.07 bits per heavy atom. The highest BCUT2D eigenvalue weighted by Gasteiger charge is 2.28. The van der Waals surface area contributed by atoms with E-state index < -0.39 is 0 Å². The van der Waals surface area contributed by atoms with E-state index >= 15 is 0 Å². The molecule has 2 fully saturated rings. The number of oxazole rings is 1. The topological polar surface area (TPSA) is 72.6 Å². The molecular weight excluding hydrogens is 344 g/mol. The summed E-state index contributed by atoms with van der Waals surface area (Å²) < 4.78 is 11.2. The summed E-state index contributed by atoms with van der Waals surface area (Å²) in [7, 11) is 0. The van der Waals surface area contributed by atoms with Crippen molar-refractivity contribution in [1.82, 2.24) is 9.88 Å². The molecule has 144 valence electrons. The number of likely N-dealkylation sites (tertiary alicyclic amines) is 1. The van der Waals surface area contributed by atoms with Crippen molar-refractivity contribution in [3.05, 3.63) is 30.2 Å². The average Bonchev–Trinajstić information content (AvgIpc) is 3.17. The highest BCUT2D eigenvalue weighted by atomic mass is 16.5. The zero-order valence-corrected chi connectivity index (χ0v) is 15.6. The number of fused-ring (bicyclic) bond motifs is 1. The van der Waals surface area contributed by atoms with Gasteiger partial charge in [0.2, 0.25) is 0 Å². The maximum absolute atomic E-state index is 12.4. The summed E-state index contributed by atoms with van der Waals surface area (Å²) in [5.41, 5.74) is 1.68. The maximum atomic E-state index is 12.4. The van der Waals surface area contributed by atoms with Crippen LogP contribution >= 0.6 is 0 Å². The number of carbonyl (C=O) groups excluding carboxylic acids is 2. The van der Waals surface area contributed by atoms with Crippen LogP contribution < -0.4 is 0 Å². The van der Waals surface area contributed by atoms with Crippen LogP contribution in [0.2, 0.25) is 0 Å². The third-order valence-electron chi connectivity index (χ3n) is 5.78. The quantitative estimate of drug-likeness (QED) is 0.768. The van der Waals surface area contributed by atoms with Crippen molar-refractivity contribution in [2.75, 3.05) is 19.7 Å². The normalized spacial score (nSPS) is 19.3. The highest BCUT2D eigenvalue weighted by molar-refractivity contribution is 5.81. The van der Waals surface area contributed by atoms with Crippen LogP contribution in [0.3, 0.4) is 0 Å². The second kappa shape index (κ2) is 8.11. The molecule has 2 heterocycles. The first-order chi connectivity index (χ1) is 13.2. The van der Waals surface area contributed by atoms with Crippen molar-refractivity contribution in [2.24, 2.45) is 5.92 Å². The van der Waals surface area contributed by atoms with E-state index in [9.17, 15) is 9.59 Å². The van der Waals surface area contributed by atoms with Crippen LogP contribution in [0.1, 0.15) is 56.8 Å². The van der Waals surface area contributed by atoms with Crippen LogP contribution in [-0.2, 0) is 14.3 Å². The number of nitrogens with zero attached hydrogens (tertiary/aromatic N) is 2. The predicted octanol–water partition coefficient (Wildman–Crippen LogP) is 3.66. The van der Waals surface area contributed by atoms with Gasteiger partial charge in [0.25, 0.3) is 5.91 Å². The molecule has 0 radical (unpaired) electrons. The lowest BCUT2D eigenvalue weighted by Crippen LogP contribution is -2.40. The number of hydrogen-bond donors (Lipinski definition) is 0. The van der Waals surface area contributed by atoms with E-state index in [0.717, 1.165) is 55.5 Å². The summed E-state index contributed by atoms with van der Waals surface area (Å²) in [6.45, 7) is 1.15. The van der Waals surface area contributed by atoms with Gasteiger partial charge in [0.1, 0.15) is 5.52 Å². The molecule has 1 aliphatic carbocycles. The minimum atomic E-state index is -0.204. The van der Waals surface area contributed by atoms with Crippen LogP contribution in [-0.4, -0.2) is 41.5 Å². The van der Waals surface area contributed by atoms with Gasteiger partial charge in [-0.05, 0) is 37.8 Å². The molecular formula is C21H26N2O4. The van der Waals surface area contributed by atoms with E-state index in [4.69, 9.17) is 9.15 Å². The Morgan fingerprint density at radius 2 is 1.81 bits per heavy atom. The number of ether oxygens (including phenoxy) is 1. The van der Waals surface area contributed by atoms with Crippen molar-refractivity contribution in [3.8, 4) is 0 Å². The molecule has 4 rings (SSSR count). The van der Waals surface area contributed by atoms with Gasteiger partial charge in [-0.2, -0.15) is 0 Å². The number of esters is 1. The van der Waals surface area contributed by atoms with Crippen molar-refractivity contribution in [3.63, 3.8) is 0 Å². The van der Waals surface area contributed by atoms with Crippen LogP contribution in [0.5, 0.6) is 0 Å². The first-order valence-electron chi connectivity index (χ1n) is 10.0. The van der Waals surface area contributed by atoms with E-state index in [1.807, 2.05) is 24.3 Å². The number of rotatable bonds is 4. The molecule has 1 aliphatic heterocycles. The van der Waals surface area contributed by atoms with E-state index in [1.54, 1.807) is 4.90 Å². The number of amides is 1. The molecule has 27 heavy (non-hydrogen) atoms. The molecule has 1 saturated heterocycles. The molecule has 0 atom stereocenters. The molecule has 1 aromatic carbocycles. The molecule has 6 nitrogen and oxygen atoms in total. The minimum absolute atomic E-state index is 0.0172. The molecule has 1 aromatic heterocycles. The Kier molecular flexibility index (Phi) is 5.41. The maximum Gasteiger partial charge on any atom is 0.309 e. The smallest absolute Gasteiger partial charge is 0.309 e. The molecule has 2 aliphatic rings. The third-order valence-corrected chi connectivity index (χ3v) is 5.78. The van der Waals surface area contributed by atoms with Crippen LogP contribution in [0.25, 0.3) is 11.1 Å². The Labute approximate surface area is 158 Å². The first kappa shape index (κ1) is 18.0. The van der Waals surface area contributed by atoms with Gasteiger partial charge in [-0.3, -0.25) is 9.59 Å². The Bertz CT molecular complexity index is 768. The summed E-state index contributed by atoms with van der Waals surface area (Å²) in [4.78, 5) is 30.8. The fraction of sp³-hybridized carbons (Fsp3) is 0.571. The number of para-hydroxylation sites is 2. The molecule has 0 bridgehead atoms. The highest BCUT2D eigenvalue weighted by Crippen LogP contribution is 2.30. The summed E-state index contributed by atoms with van der Waals surface area (Å²) in [5.74, 6) is 0.661. The average molecular weight is 370 g/mol. The second-order valence-electron chi connectivity index (χ2n) is 7.62. The van der Waals surface area contributed by atoms with Crippen molar-refractivity contribution >= 4 is 23.0 Å². The lowest BCUT2D eigenvalue weighted by Gasteiger charge is -2.30. The van der Waals surface area contributed by atoms with Gasteiger partial charge >= 0.3 is 5.97 Å². The zero-order chi connectivity index (χ0) is 18.6. The number of piperidine rings is 1. The second-order valence-corrected chi connectivity index (χ2v) is 7.62. The van der Waals surface area contributed by atoms with Gasteiger partial charge < -0.3 is 14.1 Å². The van der Waals surface area contributed by atoms with Gasteiger partial charge in [-0.15, -0.1) is 0 Å². The monoisotopic (exact) mass is 370 g/mol. The molecule has 0 spiro atoms. The van der Waals surface area contributed by atoms with Crippen LogP contribution in [0.15, 0.2) is 28.7 Å². The Morgan fingerprint density at radius 3 is 2.56 bits per heavy atom. The summed E-state index contributed by atoms with van der Waals surface area (Å²) >= 11 is 0. The summed E-state index contributed by atoms with van der Waals surface area (Å²) in [6, 6.07) is 7.75. The number of carbonyl (C=O) groups is 2. The summed E-state index contributed by atoms with van der Waals surface area (Å²) in [5, 5.41) is 0. The van der Waals surface area contributed by atoms with Crippen molar-refractivity contribution in [2.45, 2.75) is 50.9 Å². The van der Waals surface area contributed by atoms with Gasteiger partial charge in [0.15, 0.2) is 18.1 Å². The van der Waals surface area contributed by atoms with E-state index in [2.05, 4.69) is 4.98 Å². The Hall–Kier alpha value is -2.37. The standard InChI is InChI=1S/C21H26N2O4/c24-19(14-26-21(25)16-6-2-1-3-7-16)23-12-10-15(11-13-23)20-22-17-8-4-5-9-18(17)27-20/h4-5,8-9,15-16H,1-3,6-7,10-14H2. The number of benzene rings is 1. The predicted molar refractivity (Wildman–Crippen MR) is 100 cm³/mol. The van der Waals surface area contributed by atoms with E-state index in [1.165, 1.54) is 6.42 Å². The molecule has 6 heteroatoms. The van der Waals surface area contributed by atoms with Gasteiger partial charge in [-0.1, -0.05) is 31.4 Å². The molecule has 0 unspecified atom stereocenters. The van der Waals surface area contributed by atoms with Gasteiger partial charge in [-0.25, -0.2) is 4.98 Å². The summed E-state index contributed by atoms with van der Waals surface area (Å²) in [6.07, 6.45) is 6.77. The largest absolute Gasteiger partial charge is 0.455 e. The molecule has 2 aromatic rings. The number of aromatic nitrogens is 1. The fourth-order valence-corrected chi connectivity index (χ4v) is 4.12. The lowest BCUT2D eigenvalue weighted by atomic mass is 9.89. The zero-order valence-electron chi connectivity index (χ0n) is 15.6. The van der Waals surface area contributed by atoms with Gasteiger partial charge in [0.05, 0.1) is 5.92 Å². The fourth-order valence-electron chi connectivity index (χ4n) is 4.12. The van der Waals surface area contributed by atoms with E-state index in [-0.39, 0.29) is 30.3 Å². The Balaban J connectivity index is 1.25. The first-order valence-corrected chi connectivity index (χ1v) is 10.0. The molecule has 1 amide bonds. The van der Waals surface area contributed by atoms with Crippen LogP contribution in [0, 0.1) is 5.92 Å². The van der Waals surface area contributed by atoms with E-state index in [0.29, 0.717) is 13.1 Å². The third kappa shape index (κ3) is 4.15. The molecule has 1 saturated carbocycles. The lowest BCUT2D eigenvalue weighted by molar-refractivity contribution is -0.156. The SMILES string of the molecule is O=C(OCC(=O)N1CCC(c2nc3ccccc3o2)CC1)C1CCCCC1. The van der Waals surface area contributed by atoms with Gasteiger partial charge in [0, 0.05) is 19.0 Å².